The Hall–Kier alpha value is -3.68. The molecule has 2 heterocycles. The molecule has 1 saturated heterocycles. The highest BCUT2D eigenvalue weighted by atomic mass is 19.1. The number of carbonyl (C=O) groups excluding carboxylic acids is 1. The number of benzene rings is 2. The molecule has 2 aromatic carbocycles. The van der Waals surface area contributed by atoms with Gasteiger partial charge in [-0.25, -0.2) is 4.39 Å². The first-order valence-corrected chi connectivity index (χ1v) is 8.38. The Labute approximate surface area is 161 Å². The first kappa shape index (κ1) is 19.1. The summed E-state index contributed by atoms with van der Waals surface area (Å²) in [6.45, 7) is 0. The number of para-hydroxylation sites is 1. The first-order chi connectivity index (χ1) is 13.0. The number of nitriles is 2. The van der Waals surface area contributed by atoms with Crippen LogP contribution in [0.3, 0.4) is 0 Å². The van der Waals surface area contributed by atoms with E-state index in [0.29, 0.717) is 5.69 Å². The molecule has 4 rings (SSSR count). The van der Waals surface area contributed by atoms with Gasteiger partial charge in [0, 0.05) is 11.6 Å². The monoisotopic (exact) mass is 376 g/mol. The van der Waals surface area contributed by atoms with Gasteiger partial charge in [-0.3, -0.25) is 0 Å². The topological polar surface area (TPSA) is 127 Å². The minimum Gasteiger partial charge on any atom is -0.548 e. The maximum atomic E-state index is 13.9. The third-order valence-corrected chi connectivity index (χ3v) is 5.36. The number of hydrogen-bond donors (Lipinski definition) is 1. The molecule has 3 atom stereocenters. The van der Waals surface area contributed by atoms with Gasteiger partial charge in [0.25, 0.3) is 0 Å². The van der Waals surface area contributed by atoms with Crippen LogP contribution in [0.5, 0.6) is 0 Å². The molecule has 140 valence electrons. The van der Waals surface area contributed by atoms with Gasteiger partial charge < -0.3 is 21.0 Å². The second-order valence-electron chi connectivity index (χ2n) is 6.66. The minimum atomic E-state index is -1.71. The average Bonchev–Trinajstić information content (AvgIpc) is 2.99. The fourth-order valence-electron chi connectivity index (χ4n) is 4.28. The summed E-state index contributed by atoms with van der Waals surface area (Å²) in [7, 11) is 0. The number of aliphatic carboxylic acids is 1. The molecule has 0 bridgehead atoms. The molecule has 4 N–H and O–H groups in total. The number of nitrogens with zero attached hydrogens (tertiary/aromatic N) is 3. The van der Waals surface area contributed by atoms with Crippen LogP contribution in [0.2, 0.25) is 0 Å². The summed E-state index contributed by atoms with van der Waals surface area (Å²) < 4.78 is 13.9. The molecular formula is C21H17FN4O2. The lowest BCUT2D eigenvalue weighted by atomic mass is 9.70. The number of quaternary nitrogens is 1. The standard InChI is InChI=1S/C21H14FN3O2.H3N/c22-15-6-3-5-14(10-15)18-19(20(26)27)25-16-7-2-1-4-13(16)8-9-17(25)21(18,11-23)12-24;/h1-10,17-19H,(H,26,27);1H3. The van der Waals surface area contributed by atoms with Crippen LogP contribution < -0.4 is 16.2 Å². The van der Waals surface area contributed by atoms with Gasteiger partial charge in [-0.2, -0.15) is 10.5 Å². The second kappa shape index (κ2) is 6.80. The van der Waals surface area contributed by atoms with E-state index in [1.165, 1.54) is 18.2 Å². The van der Waals surface area contributed by atoms with Crippen molar-refractivity contribution in [3.05, 3.63) is 71.6 Å². The predicted molar refractivity (Wildman–Crippen MR) is 99.3 cm³/mol. The summed E-state index contributed by atoms with van der Waals surface area (Å²) in [5.74, 6) is -3.05. The van der Waals surface area contributed by atoms with E-state index in [4.69, 9.17) is 0 Å². The second-order valence-corrected chi connectivity index (χ2v) is 6.66. The van der Waals surface area contributed by atoms with Crippen molar-refractivity contribution in [2.24, 2.45) is 5.41 Å². The lowest BCUT2D eigenvalue weighted by Gasteiger charge is -2.36. The van der Waals surface area contributed by atoms with Crippen molar-refractivity contribution in [2.45, 2.75) is 18.0 Å². The van der Waals surface area contributed by atoms with Crippen molar-refractivity contribution in [2.75, 3.05) is 4.90 Å². The molecule has 2 aliphatic rings. The highest BCUT2D eigenvalue weighted by Crippen LogP contribution is 2.54. The van der Waals surface area contributed by atoms with Crippen LogP contribution in [-0.2, 0) is 4.79 Å². The van der Waals surface area contributed by atoms with Crippen LogP contribution in [0.15, 0.2) is 54.6 Å². The molecule has 0 spiro atoms. The van der Waals surface area contributed by atoms with Crippen LogP contribution >= 0.6 is 0 Å². The van der Waals surface area contributed by atoms with Gasteiger partial charge in [0.1, 0.15) is 5.82 Å². The summed E-state index contributed by atoms with van der Waals surface area (Å²) in [5.41, 5.74) is -0.0343. The van der Waals surface area contributed by atoms with E-state index < -0.39 is 35.2 Å². The molecule has 0 aliphatic carbocycles. The van der Waals surface area contributed by atoms with Crippen molar-refractivity contribution >= 4 is 17.7 Å². The van der Waals surface area contributed by atoms with Gasteiger partial charge in [-0.15, -0.1) is 0 Å². The lowest BCUT2D eigenvalue weighted by molar-refractivity contribution is -0.307. The van der Waals surface area contributed by atoms with Crippen LogP contribution in [0.1, 0.15) is 17.0 Å². The highest BCUT2D eigenvalue weighted by molar-refractivity contribution is 5.86. The predicted octanol–water partition coefficient (Wildman–Crippen LogP) is 2.35. The zero-order valence-corrected chi connectivity index (χ0v) is 15.0. The maximum absolute atomic E-state index is 13.9. The Kier molecular flexibility index (Phi) is 4.64. The minimum absolute atomic E-state index is 0. The van der Waals surface area contributed by atoms with E-state index in [-0.39, 0.29) is 11.7 Å². The number of halogens is 1. The largest absolute Gasteiger partial charge is 0.548 e. The van der Waals surface area contributed by atoms with E-state index >= 15 is 0 Å². The molecule has 28 heavy (non-hydrogen) atoms. The summed E-state index contributed by atoms with van der Waals surface area (Å²) >= 11 is 0. The van der Waals surface area contributed by atoms with Crippen LogP contribution in [0, 0.1) is 33.9 Å². The summed E-state index contributed by atoms with van der Waals surface area (Å²) in [4.78, 5) is 13.7. The van der Waals surface area contributed by atoms with Crippen LogP contribution in [0.25, 0.3) is 6.08 Å². The number of carboxylic acid groups (broad SMARTS) is 1. The van der Waals surface area contributed by atoms with Crippen molar-refractivity contribution in [1.82, 2.24) is 6.15 Å². The number of fused-ring (bicyclic) bond motifs is 3. The van der Waals surface area contributed by atoms with E-state index in [1.54, 1.807) is 35.3 Å². The molecule has 6 nitrogen and oxygen atoms in total. The molecule has 0 aromatic heterocycles. The lowest BCUT2D eigenvalue weighted by Crippen LogP contribution is -2.49. The fourth-order valence-corrected chi connectivity index (χ4v) is 4.28. The molecule has 2 aromatic rings. The van der Waals surface area contributed by atoms with E-state index in [9.17, 15) is 24.8 Å². The van der Waals surface area contributed by atoms with Gasteiger partial charge in [0.2, 0.25) is 0 Å². The zero-order valence-electron chi connectivity index (χ0n) is 15.0. The molecule has 1 fully saturated rings. The Morgan fingerprint density at radius 2 is 1.86 bits per heavy atom. The van der Waals surface area contributed by atoms with Crippen LogP contribution in [0.4, 0.5) is 10.1 Å². The first-order valence-electron chi connectivity index (χ1n) is 8.38. The number of rotatable bonds is 2. The van der Waals surface area contributed by atoms with E-state index in [0.717, 1.165) is 5.56 Å². The third kappa shape index (κ3) is 2.45. The Morgan fingerprint density at radius 3 is 2.50 bits per heavy atom. The molecule has 0 saturated carbocycles. The molecule has 2 aliphatic heterocycles. The molecule has 3 unspecified atom stereocenters. The Bertz CT molecular complexity index is 1040. The SMILES string of the molecule is N#CC1(C#N)C(c2cccc(F)c2)C(C(=O)[O-])N2c3ccccc3C=CC21.[NH4+]. The Balaban J connectivity index is 0.00000225. The van der Waals surface area contributed by atoms with Gasteiger partial charge in [0.05, 0.1) is 30.2 Å². The number of hydrogen-bond acceptors (Lipinski definition) is 5. The van der Waals surface area contributed by atoms with Gasteiger partial charge in [-0.05, 0) is 29.3 Å². The molecule has 0 radical (unpaired) electrons. The van der Waals surface area contributed by atoms with E-state index in [1.807, 2.05) is 24.3 Å². The average molecular weight is 376 g/mol. The van der Waals surface area contributed by atoms with Crippen molar-refractivity contribution in [1.29, 1.82) is 10.5 Å². The third-order valence-electron chi connectivity index (χ3n) is 5.36. The number of carboxylic acids is 1. The van der Waals surface area contributed by atoms with E-state index in [2.05, 4.69) is 0 Å². The molecule has 0 amide bonds. The van der Waals surface area contributed by atoms with Gasteiger partial charge in [0.15, 0.2) is 5.41 Å². The zero-order chi connectivity index (χ0) is 19.2. The van der Waals surface area contributed by atoms with Crippen LogP contribution in [-0.4, -0.2) is 18.1 Å². The van der Waals surface area contributed by atoms with Gasteiger partial charge >= 0.3 is 0 Å². The van der Waals surface area contributed by atoms with Crippen molar-refractivity contribution < 1.29 is 14.3 Å². The van der Waals surface area contributed by atoms with Gasteiger partial charge in [-0.1, -0.05) is 42.5 Å². The molecular weight excluding hydrogens is 359 g/mol. The fraction of sp³-hybridized carbons (Fsp3) is 0.190. The Morgan fingerprint density at radius 1 is 1.14 bits per heavy atom. The summed E-state index contributed by atoms with van der Waals surface area (Å²) in [5, 5.41) is 32.1. The smallest absolute Gasteiger partial charge is 0.176 e. The molecule has 7 heteroatoms. The summed E-state index contributed by atoms with van der Waals surface area (Å²) in [6, 6.07) is 14.5. The van der Waals surface area contributed by atoms with Crippen molar-refractivity contribution in [3.8, 4) is 12.1 Å². The summed E-state index contributed by atoms with van der Waals surface area (Å²) in [6.07, 6.45) is 3.45. The van der Waals surface area contributed by atoms with Crippen molar-refractivity contribution in [3.63, 3.8) is 0 Å². The highest BCUT2D eigenvalue weighted by Gasteiger charge is 2.61. The maximum Gasteiger partial charge on any atom is 0.176 e. The normalized spacial score (nSPS) is 23.5. The quantitative estimate of drug-likeness (QED) is 0.860. The number of carbonyl (C=O) groups is 1. The number of anilines is 1.